The van der Waals surface area contributed by atoms with E-state index in [2.05, 4.69) is 25.9 Å². The highest BCUT2D eigenvalue weighted by molar-refractivity contribution is 14.1. The van der Waals surface area contributed by atoms with E-state index in [1.54, 1.807) is 11.6 Å². The van der Waals surface area contributed by atoms with Gasteiger partial charge in [0.05, 0.1) is 10.2 Å². The minimum absolute atomic E-state index is 0.0507. The Morgan fingerprint density at radius 3 is 2.59 bits per heavy atom. The first-order chi connectivity index (χ1) is 7.76. The summed E-state index contributed by atoms with van der Waals surface area (Å²) in [6, 6.07) is 0. The van der Waals surface area contributed by atoms with Crippen LogP contribution in [0.25, 0.3) is 0 Å². The molecule has 0 radical (unpaired) electrons. The SMILES string of the molecule is CCOC(=O)c1nn(CC(C)(C)C)c(N)c1I. The average Bonchev–Trinajstić information content (AvgIpc) is 2.44. The molecule has 0 aliphatic carbocycles. The number of halogens is 1. The molecule has 0 fully saturated rings. The van der Waals surface area contributed by atoms with E-state index >= 15 is 0 Å². The molecule has 0 bridgehead atoms. The second-order valence-corrected chi connectivity index (χ2v) is 6.07. The van der Waals surface area contributed by atoms with E-state index in [0.29, 0.717) is 28.2 Å². The number of esters is 1. The van der Waals surface area contributed by atoms with Gasteiger partial charge in [-0.15, -0.1) is 0 Å². The van der Waals surface area contributed by atoms with E-state index in [1.165, 1.54) is 0 Å². The van der Waals surface area contributed by atoms with Crippen molar-refractivity contribution in [2.45, 2.75) is 34.2 Å². The number of hydrogen-bond donors (Lipinski definition) is 1. The molecule has 0 aliphatic heterocycles. The number of nitrogen functional groups attached to an aromatic ring is 1. The first-order valence-corrected chi connectivity index (χ1v) is 6.53. The fourth-order valence-electron chi connectivity index (χ4n) is 1.35. The van der Waals surface area contributed by atoms with Gasteiger partial charge in [-0.3, -0.25) is 0 Å². The third-order valence-electron chi connectivity index (χ3n) is 2.02. The summed E-state index contributed by atoms with van der Waals surface area (Å²) in [6.45, 7) is 9.02. The number of rotatable bonds is 3. The minimum atomic E-state index is -0.420. The van der Waals surface area contributed by atoms with Crippen molar-refractivity contribution in [2.24, 2.45) is 5.41 Å². The number of nitrogens with zero attached hydrogens (tertiary/aromatic N) is 2. The van der Waals surface area contributed by atoms with E-state index in [9.17, 15) is 4.79 Å². The van der Waals surface area contributed by atoms with Crippen LogP contribution in [0.15, 0.2) is 0 Å². The molecule has 0 atom stereocenters. The van der Waals surface area contributed by atoms with Gasteiger partial charge in [0.25, 0.3) is 0 Å². The summed E-state index contributed by atoms with van der Waals surface area (Å²) in [5.74, 6) is 0.0971. The summed E-state index contributed by atoms with van der Waals surface area (Å²) in [4.78, 5) is 11.6. The van der Waals surface area contributed by atoms with Crippen molar-refractivity contribution in [1.29, 1.82) is 0 Å². The van der Waals surface area contributed by atoms with Crippen LogP contribution >= 0.6 is 22.6 Å². The fraction of sp³-hybridized carbons (Fsp3) is 0.636. The average molecular weight is 351 g/mol. The Hall–Kier alpha value is -0.790. The number of hydrogen-bond acceptors (Lipinski definition) is 4. The highest BCUT2D eigenvalue weighted by atomic mass is 127. The Labute approximate surface area is 115 Å². The van der Waals surface area contributed by atoms with Crippen LogP contribution in [0.5, 0.6) is 0 Å². The molecule has 0 aromatic carbocycles. The van der Waals surface area contributed by atoms with Gasteiger partial charge in [-0.25, -0.2) is 9.48 Å². The summed E-state index contributed by atoms with van der Waals surface area (Å²) in [7, 11) is 0. The van der Waals surface area contributed by atoms with Gasteiger partial charge in [0, 0.05) is 6.54 Å². The molecule has 5 nitrogen and oxygen atoms in total. The molecule has 1 rings (SSSR count). The van der Waals surface area contributed by atoms with Crippen molar-refractivity contribution < 1.29 is 9.53 Å². The van der Waals surface area contributed by atoms with Gasteiger partial charge in [-0.1, -0.05) is 20.8 Å². The Morgan fingerprint density at radius 1 is 1.53 bits per heavy atom. The van der Waals surface area contributed by atoms with Crippen molar-refractivity contribution in [3.8, 4) is 0 Å². The Morgan fingerprint density at radius 2 is 2.12 bits per heavy atom. The molecule has 0 unspecified atom stereocenters. The quantitative estimate of drug-likeness (QED) is 0.670. The standard InChI is InChI=1S/C11H18IN3O2/c1-5-17-10(16)8-7(12)9(13)15(14-8)6-11(2,3)4/h5-6,13H2,1-4H3. The van der Waals surface area contributed by atoms with Crippen LogP contribution in [0, 0.1) is 8.99 Å². The second kappa shape index (κ2) is 5.24. The predicted octanol–water partition coefficient (Wildman–Crippen LogP) is 2.29. The summed E-state index contributed by atoms with van der Waals surface area (Å²) in [6.07, 6.45) is 0. The Kier molecular flexibility index (Phi) is 4.40. The van der Waals surface area contributed by atoms with Gasteiger partial charge in [-0.05, 0) is 34.9 Å². The van der Waals surface area contributed by atoms with Crippen molar-refractivity contribution >= 4 is 34.4 Å². The van der Waals surface area contributed by atoms with Crippen LogP contribution in [0.2, 0.25) is 0 Å². The van der Waals surface area contributed by atoms with Crippen LogP contribution in [-0.4, -0.2) is 22.4 Å². The molecular weight excluding hydrogens is 333 g/mol. The Bertz CT molecular complexity index is 421. The molecule has 0 saturated heterocycles. The van der Waals surface area contributed by atoms with E-state index in [0.717, 1.165) is 0 Å². The van der Waals surface area contributed by atoms with E-state index in [4.69, 9.17) is 10.5 Å². The predicted molar refractivity (Wildman–Crippen MR) is 74.8 cm³/mol. The molecule has 0 spiro atoms. The van der Waals surface area contributed by atoms with Gasteiger partial charge in [0.1, 0.15) is 5.82 Å². The van der Waals surface area contributed by atoms with Gasteiger partial charge in [0.15, 0.2) is 5.69 Å². The zero-order chi connectivity index (χ0) is 13.2. The lowest BCUT2D eigenvalue weighted by atomic mass is 9.97. The van der Waals surface area contributed by atoms with Gasteiger partial charge < -0.3 is 10.5 Å². The molecule has 1 heterocycles. The van der Waals surface area contributed by atoms with Crippen molar-refractivity contribution in [1.82, 2.24) is 9.78 Å². The minimum Gasteiger partial charge on any atom is -0.461 e. The topological polar surface area (TPSA) is 70.1 Å². The van der Waals surface area contributed by atoms with Crippen LogP contribution in [0.3, 0.4) is 0 Å². The largest absolute Gasteiger partial charge is 0.461 e. The second-order valence-electron chi connectivity index (χ2n) is 4.99. The molecule has 2 N–H and O–H groups in total. The molecular formula is C11H18IN3O2. The maximum Gasteiger partial charge on any atom is 0.360 e. The van der Waals surface area contributed by atoms with E-state index < -0.39 is 5.97 Å². The number of carbonyl (C=O) groups is 1. The maximum atomic E-state index is 11.6. The lowest BCUT2D eigenvalue weighted by molar-refractivity contribution is 0.0516. The molecule has 6 heteroatoms. The first-order valence-electron chi connectivity index (χ1n) is 5.45. The summed E-state index contributed by atoms with van der Waals surface area (Å²) >= 11 is 2.02. The molecule has 0 amide bonds. The van der Waals surface area contributed by atoms with E-state index in [-0.39, 0.29) is 5.41 Å². The van der Waals surface area contributed by atoms with Crippen molar-refractivity contribution in [3.05, 3.63) is 9.26 Å². The van der Waals surface area contributed by atoms with Crippen molar-refractivity contribution in [3.63, 3.8) is 0 Å². The van der Waals surface area contributed by atoms with Crippen LogP contribution < -0.4 is 5.73 Å². The monoisotopic (exact) mass is 351 g/mol. The number of nitrogens with two attached hydrogens (primary N) is 1. The zero-order valence-corrected chi connectivity index (χ0v) is 12.7. The molecule has 17 heavy (non-hydrogen) atoms. The van der Waals surface area contributed by atoms with E-state index in [1.807, 2.05) is 22.6 Å². The summed E-state index contributed by atoms with van der Waals surface area (Å²) < 4.78 is 7.25. The molecule has 1 aromatic rings. The number of aromatic nitrogens is 2. The zero-order valence-electron chi connectivity index (χ0n) is 10.6. The van der Waals surface area contributed by atoms with Crippen LogP contribution in [0.4, 0.5) is 5.82 Å². The number of ether oxygens (including phenoxy) is 1. The maximum absolute atomic E-state index is 11.6. The van der Waals surface area contributed by atoms with Gasteiger partial charge in [0.2, 0.25) is 0 Å². The molecule has 0 saturated carbocycles. The summed E-state index contributed by atoms with van der Waals surface area (Å²) in [5, 5.41) is 4.22. The number of anilines is 1. The normalized spacial score (nSPS) is 11.6. The first kappa shape index (κ1) is 14.3. The number of carbonyl (C=O) groups excluding carboxylic acids is 1. The van der Waals surface area contributed by atoms with Crippen LogP contribution in [0.1, 0.15) is 38.2 Å². The molecule has 0 aliphatic rings. The summed E-state index contributed by atoms with van der Waals surface area (Å²) in [5.41, 5.74) is 6.28. The lowest BCUT2D eigenvalue weighted by Crippen LogP contribution is -2.18. The highest BCUT2D eigenvalue weighted by Gasteiger charge is 2.23. The lowest BCUT2D eigenvalue weighted by Gasteiger charge is -2.18. The molecule has 96 valence electrons. The van der Waals surface area contributed by atoms with Gasteiger partial charge >= 0.3 is 5.97 Å². The Balaban J connectivity index is 3.04. The van der Waals surface area contributed by atoms with Crippen molar-refractivity contribution in [2.75, 3.05) is 12.3 Å². The highest BCUT2D eigenvalue weighted by Crippen LogP contribution is 2.24. The fourth-order valence-corrected chi connectivity index (χ4v) is 1.96. The third kappa shape index (κ3) is 3.58. The third-order valence-corrected chi connectivity index (χ3v) is 3.09. The van der Waals surface area contributed by atoms with Gasteiger partial charge in [-0.2, -0.15) is 5.10 Å². The smallest absolute Gasteiger partial charge is 0.360 e. The molecule has 1 aromatic heterocycles. The van der Waals surface area contributed by atoms with Crippen LogP contribution in [-0.2, 0) is 11.3 Å².